The van der Waals surface area contributed by atoms with Gasteiger partial charge >= 0.3 is 0 Å². The summed E-state index contributed by atoms with van der Waals surface area (Å²) in [5, 5.41) is 4.02. The number of aryl methyl sites for hydroxylation is 1. The predicted octanol–water partition coefficient (Wildman–Crippen LogP) is 4.93. The van der Waals surface area contributed by atoms with E-state index in [1.165, 1.54) is 18.3 Å². The lowest BCUT2D eigenvalue weighted by Gasteiger charge is -2.25. The zero-order valence-corrected chi connectivity index (χ0v) is 22.5. The number of hydrogen-bond acceptors (Lipinski definition) is 6. The Kier molecular flexibility index (Phi) is 8.96. The number of carbonyl (C=O) groups is 1. The molecule has 0 bridgehead atoms. The number of rotatable bonds is 11. The molecule has 0 aromatic heterocycles. The van der Waals surface area contributed by atoms with Gasteiger partial charge in [0.05, 0.1) is 23.9 Å². The third kappa shape index (κ3) is 7.03. The fourth-order valence-electron chi connectivity index (χ4n) is 3.83. The second-order valence-corrected chi connectivity index (χ2v) is 10.5. The van der Waals surface area contributed by atoms with E-state index in [0.717, 1.165) is 15.4 Å². The van der Waals surface area contributed by atoms with Gasteiger partial charge in [-0.25, -0.2) is 13.8 Å². The molecule has 200 valence electrons. The van der Waals surface area contributed by atoms with Crippen LogP contribution in [0.5, 0.6) is 11.5 Å². The number of nitrogens with one attached hydrogen (secondary N) is 1. The van der Waals surface area contributed by atoms with Crippen LogP contribution in [0.3, 0.4) is 0 Å². The van der Waals surface area contributed by atoms with E-state index in [1.54, 1.807) is 68.6 Å². The smallest absolute Gasteiger partial charge is 0.264 e. The van der Waals surface area contributed by atoms with Gasteiger partial charge in [-0.2, -0.15) is 5.10 Å². The van der Waals surface area contributed by atoms with E-state index in [4.69, 9.17) is 9.47 Å². The number of methoxy groups -OCH3 is 1. The quantitative estimate of drug-likeness (QED) is 0.214. The Labute approximate surface area is 228 Å². The highest BCUT2D eigenvalue weighted by molar-refractivity contribution is 7.92. The summed E-state index contributed by atoms with van der Waals surface area (Å²) in [4.78, 5) is 12.9. The maximum absolute atomic E-state index is 13.4. The number of carbonyl (C=O) groups excluding carboxylic acids is 1. The molecular formula is C30H29N3O5S. The Morgan fingerprint density at radius 2 is 1.56 bits per heavy atom. The highest BCUT2D eigenvalue weighted by Crippen LogP contribution is 2.29. The van der Waals surface area contributed by atoms with Gasteiger partial charge in [-0.1, -0.05) is 66.7 Å². The molecular weight excluding hydrogens is 514 g/mol. The number of nitrogens with zero attached hydrogens (tertiary/aromatic N) is 2. The van der Waals surface area contributed by atoms with E-state index in [1.807, 2.05) is 36.4 Å². The van der Waals surface area contributed by atoms with Crippen LogP contribution in [0.15, 0.2) is 113 Å². The van der Waals surface area contributed by atoms with Crippen LogP contribution in [-0.2, 0) is 21.4 Å². The number of hydrazone groups is 1. The number of para-hydroxylation sites is 1. The van der Waals surface area contributed by atoms with Gasteiger partial charge in [-0.3, -0.25) is 9.10 Å². The van der Waals surface area contributed by atoms with E-state index in [9.17, 15) is 13.2 Å². The van der Waals surface area contributed by atoms with E-state index in [0.29, 0.717) is 29.4 Å². The fraction of sp³-hybridized carbons (Fsp3) is 0.133. The van der Waals surface area contributed by atoms with Gasteiger partial charge in [-0.05, 0) is 60.0 Å². The molecule has 0 unspecified atom stereocenters. The van der Waals surface area contributed by atoms with E-state index in [-0.39, 0.29) is 4.90 Å². The van der Waals surface area contributed by atoms with Crippen LogP contribution in [0.25, 0.3) is 0 Å². The van der Waals surface area contributed by atoms with Crippen molar-refractivity contribution in [3.63, 3.8) is 0 Å². The van der Waals surface area contributed by atoms with Crippen molar-refractivity contribution in [1.82, 2.24) is 5.43 Å². The Morgan fingerprint density at radius 1 is 0.897 bits per heavy atom. The van der Waals surface area contributed by atoms with Crippen molar-refractivity contribution in [2.75, 3.05) is 18.0 Å². The largest absolute Gasteiger partial charge is 0.493 e. The molecule has 4 rings (SSSR count). The van der Waals surface area contributed by atoms with Crippen LogP contribution < -0.4 is 19.2 Å². The Hall–Kier alpha value is -4.63. The van der Waals surface area contributed by atoms with Crippen molar-refractivity contribution in [3.05, 3.63) is 120 Å². The molecule has 4 aromatic carbocycles. The number of ether oxygens (including phenoxy) is 2. The molecule has 0 saturated carbocycles. The minimum atomic E-state index is -4.00. The van der Waals surface area contributed by atoms with Crippen LogP contribution in [0.4, 0.5) is 5.69 Å². The van der Waals surface area contributed by atoms with E-state index in [2.05, 4.69) is 10.5 Å². The highest BCUT2D eigenvalue weighted by Gasteiger charge is 2.28. The molecule has 0 aliphatic heterocycles. The number of amides is 1. The summed E-state index contributed by atoms with van der Waals surface area (Å²) in [5.74, 6) is 0.493. The van der Waals surface area contributed by atoms with Crippen molar-refractivity contribution in [3.8, 4) is 11.5 Å². The number of benzene rings is 4. The molecule has 9 heteroatoms. The van der Waals surface area contributed by atoms with Crippen molar-refractivity contribution >= 4 is 27.8 Å². The molecule has 0 spiro atoms. The lowest BCUT2D eigenvalue weighted by atomic mass is 10.2. The fourth-order valence-corrected chi connectivity index (χ4v) is 5.33. The first-order chi connectivity index (χ1) is 18.9. The topological polar surface area (TPSA) is 97.3 Å². The van der Waals surface area contributed by atoms with Crippen LogP contribution in [0.1, 0.15) is 16.7 Å². The molecule has 4 aromatic rings. The van der Waals surface area contributed by atoms with Crippen molar-refractivity contribution in [1.29, 1.82) is 0 Å². The second kappa shape index (κ2) is 12.7. The number of sulfonamides is 1. The van der Waals surface area contributed by atoms with Crippen LogP contribution in [0, 0.1) is 6.92 Å². The zero-order valence-electron chi connectivity index (χ0n) is 21.7. The Bertz CT molecular complexity index is 1540. The van der Waals surface area contributed by atoms with Crippen molar-refractivity contribution < 1.29 is 22.7 Å². The van der Waals surface area contributed by atoms with E-state index < -0.39 is 22.5 Å². The summed E-state index contributed by atoms with van der Waals surface area (Å²) in [6.07, 6.45) is 1.45. The average molecular weight is 544 g/mol. The third-order valence-electron chi connectivity index (χ3n) is 5.83. The lowest BCUT2D eigenvalue weighted by Crippen LogP contribution is -2.40. The minimum absolute atomic E-state index is 0.0891. The molecule has 1 amide bonds. The maximum atomic E-state index is 13.4. The molecule has 0 heterocycles. The van der Waals surface area contributed by atoms with Gasteiger partial charge in [0.1, 0.15) is 13.2 Å². The molecule has 0 atom stereocenters. The van der Waals surface area contributed by atoms with Crippen LogP contribution >= 0.6 is 0 Å². The van der Waals surface area contributed by atoms with Gasteiger partial charge in [-0.15, -0.1) is 0 Å². The summed E-state index contributed by atoms with van der Waals surface area (Å²) in [6, 6.07) is 30.0. The van der Waals surface area contributed by atoms with Crippen molar-refractivity contribution in [2.24, 2.45) is 5.10 Å². The van der Waals surface area contributed by atoms with E-state index >= 15 is 0 Å². The third-order valence-corrected chi connectivity index (χ3v) is 7.60. The summed E-state index contributed by atoms with van der Waals surface area (Å²) in [5.41, 5.74) is 5.25. The highest BCUT2D eigenvalue weighted by atomic mass is 32.2. The lowest BCUT2D eigenvalue weighted by molar-refractivity contribution is -0.119. The number of anilines is 1. The average Bonchev–Trinajstić information content (AvgIpc) is 2.96. The first-order valence-corrected chi connectivity index (χ1v) is 13.6. The standard InChI is InChI=1S/C30H29N3O5S/c1-23-11-9-10-16-27(23)33(39(35,36)26-14-7-4-8-15-26)21-30(34)32-31-20-25-17-18-28(29(19-25)37-2)38-22-24-12-5-3-6-13-24/h3-20H,21-22H2,1-2H3,(H,32,34)/b31-20-. The van der Waals surface area contributed by atoms with Gasteiger partial charge < -0.3 is 9.47 Å². The first kappa shape index (κ1) is 27.4. The molecule has 0 aliphatic rings. The van der Waals surface area contributed by atoms with Gasteiger partial charge in [0.2, 0.25) is 0 Å². The van der Waals surface area contributed by atoms with Crippen LogP contribution in [-0.4, -0.2) is 34.2 Å². The maximum Gasteiger partial charge on any atom is 0.264 e. The Morgan fingerprint density at radius 3 is 2.26 bits per heavy atom. The molecule has 0 saturated heterocycles. The molecule has 1 N–H and O–H groups in total. The van der Waals surface area contributed by atoms with Gasteiger partial charge in [0.15, 0.2) is 11.5 Å². The second-order valence-electron chi connectivity index (χ2n) is 8.59. The summed E-state index contributed by atoms with van der Waals surface area (Å²) >= 11 is 0. The van der Waals surface area contributed by atoms with Gasteiger partial charge in [0.25, 0.3) is 15.9 Å². The number of hydrogen-bond donors (Lipinski definition) is 1. The Balaban J connectivity index is 1.46. The summed E-state index contributed by atoms with van der Waals surface area (Å²) in [7, 11) is -2.46. The summed E-state index contributed by atoms with van der Waals surface area (Å²) in [6.45, 7) is 1.73. The SMILES string of the molecule is COc1cc(/C=N\NC(=O)CN(c2ccccc2C)S(=O)(=O)c2ccccc2)ccc1OCc1ccccc1. The van der Waals surface area contributed by atoms with Gasteiger partial charge in [0, 0.05) is 0 Å². The molecule has 0 aliphatic carbocycles. The minimum Gasteiger partial charge on any atom is -0.493 e. The molecule has 8 nitrogen and oxygen atoms in total. The molecule has 39 heavy (non-hydrogen) atoms. The van der Waals surface area contributed by atoms with Crippen molar-refractivity contribution in [2.45, 2.75) is 18.4 Å². The zero-order chi connectivity index (χ0) is 27.7. The van der Waals surface area contributed by atoms with Crippen LogP contribution in [0.2, 0.25) is 0 Å². The summed E-state index contributed by atoms with van der Waals surface area (Å²) < 4.78 is 39.3. The molecule has 0 fully saturated rings. The predicted molar refractivity (Wildman–Crippen MR) is 152 cm³/mol. The first-order valence-electron chi connectivity index (χ1n) is 12.2. The molecule has 0 radical (unpaired) electrons. The monoisotopic (exact) mass is 543 g/mol. The normalized spacial score (nSPS) is 11.2.